The monoisotopic (exact) mass is 310 g/mol. The van der Waals surface area contributed by atoms with Gasteiger partial charge >= 0.3 is 0 Å². The minimum absolute atomic E-state index is 0.0501. The Morgan fingerprint density at radius 3 is 2.61 bits per heavy atom. The quantitative estimate of drug-likeness (QED) is 0.804. The fourth-order valence-corrected chi connectivity index (χ4v) is 2.66. The van der Waals surface area contributed by atoms with Crippen LogP contribution in [0.15, 0.2) is 22.7 Å². The van der Waals surface area contributed by atoms with Gasteiger partial charge in [0.15, 0.2) is 5.78 Å². The molecular weight excluding hydrogens is 296 g/mol. The van der Waals surface area contributed by atoms with E-state index in [0.29, 0.717) is 37.0 Å². The number of halogens is 1. The number of carbonyl (C=O) groups is 2. The zero-order chi connectivity index (χ0) is 13.1. The summed E-state index contributed by atoms with van der Waals surface area (Å²) >= 11 is 3.37. The summed E-state index contributed by atoms with van der Waals surface area (Å²) in [4.78, 5) is 23.6. The predicted octanol–water partition coefficient (Wildman–Crippen LogP) is 3.40. The third-order valence-corrected chi connectivity index (χ3v) is 3.83. The summed E-state index contributed by atoms with van der Waals surface area (Å²) in [6.45, 7) is 0. The van der Waals surface area contributed by atoms with E-state index in [4.69, 9.17) is 4.74 Å². The standard InChI is InChI=1S/C14H15BrO3/c1-18-13-7-4-10(15)8-12(13)14(17)9-2-5-11(16)6-3-9/h4,7-9H,2-3,5-6H2,1H3. The Bertz CT molecular complexity index is 472. The van der Waals surface area contributed by atoms with Gasteiger partial charge in [0, 0.05) is 23.2 Å². The van der Waals surface area contributed by atoms with Gasteiger partial charge in [0.25, 0.3) is 0 Å². The highest BCUT2D eigenvalue weighted by molar-refractivity contribution is 9.10. The topological polar surface area (TPSA) is 43.4 Å². The summed E-state index contributed by atoms with van der Waals surface area (Å²) in [5.41, 5.74) is 0.603. The van der Waals surface area contributed by atoms with Gasteiger partial charge < -0.3 is 4.74 Å². The van der Waals surface area contributed by atoms with Crippen LogP contribution in [-0.4, -0.2) is 18.7 Å². The van der Waals surface area contributed by atoms with E-state index in [-0.39, 0.29) is 17.5 Å². The van der Waals surface area contributed by atoms with E-state index in [9.17, 15) is 9.59 Å². The van der Waals surface area contributed by atoms with Gasteiger partial charge in [-0.1, -0.05) is 15.9 Å². The van der Waals surface area contributed by atoms with E-state index in [1.54, 1.807) is 19.2 Å². The van der Waals surface area contributed by atoms with Crippen LogP contribution in [0.25, 0.3) is 0 Å². The molecule has 4 heteroatoms. The van der Waals surface area contributed by atoms with Gasteiger partial charge in [0.05, 0.1) is 12.7 Å². The number of carbonyl (C=O) groups excluding carboxylic acids is 2. The van der Waals surface area contributed by atoms with Crippen LogP contribution in [0, 0.1) is 5.92 Å². The van der Waals surface area contributed by atoms with Crippen LogP contribution in [0.4, 0.5) is 0 Å². The molecule has 96 valence electrons. The smallest absolute Gasteiger partial charge is 0.169 e. The summed E-state index contributed by atoms with van der Waals surface area (Å²) in [6, 6.07) is 5.42. The van der Waals surface area contributed by atoms with Gasteiger partial charge in [-0.15, -0.1) is 0 Å². The molecule has 0 unspecified atom stereocenters. The van der Waals surface area contributed by atoms with Crippen molar-refractivity contribution >= 4 is 27.5 Å². The molecule has 0 amide bonds. The molecule has 1 aromatic rings. The van der Waals surface area contributed by atoms with Crippen LogP contribution in [0.2, 0.25) is 0 Å². The molecule has 18 heavy (non-hydrogen) atoms. The van der Waals surface area contributed by atoms with Gasteiger partial charge in [0.1, 0.15) is 11.5 Å². The van der Waals surface area contributed by atoms with Crippen LogP contribution in [0.5, 0.6) is 5.75 Å². The van der Waals surface area contributed by atoms with Crippen molar-refractivity contribution in [2.45, 2.75) is 25.7 Å². The Kier molecular flexibility index (Phi) is 4.17. The van der Waals surface area contributed by atoms with Crippen molar-refractivity contribution in [2.75, 3.05) is 7.11 Å². The minimum Gasteiger partial charge on any atom is -0.496 e. The maximum absolute atomic E-state index is 12.4. The van der Waals surface area contributed by atoms with Crippen molar-refractivity contribution in [1.82, 2.24) is 0 Å². The average molecular weight is 311 g/mol. The van der Waals surface area contributed by atoms with Crippen LogP contribution in [-0.2, 0) is 4.79 Å². The van der Waals surface area contributed by atoms with Crippen LogP contribution in [0.1, 0.15) is 36.0 Å². The molecular formula is C14H15BrO3. The molecule has 0 saturated heterocycles. The van der Waals surface area contributed by atoms with Crippen molar-refractivity contribution < 1.29 is 14.3 Å². The maximum atomic E-state index is 12.4. The zero-order valence-electron chi connectivity index (χ0n) is 10.2. The van der Waals surface area contributed by atoms with Gasteiger partial charge in [-0.05, 0) is 31.0 Å². The minimum atomic E-state index is -0.0501. The molecule has 1 saturated carbocycles. The van der Waals surface area contributed by atoms with Crippen LogP contribution < -0.4 is 4.74 Å². The lowest BCUT2D eigenvalue weighted by molar-refractivity contribution is -0.120. The first-order valence-electron chi connectivity index (χ1n) is 6.01. The second kappa shape index (κ2) is 5.65. The number of ether oxygens (including phenoxy) is 1. The average Bonchev–Trinajstić information content (AvgIpc) is 2.39. The number of hydrogen-bond acceptors (Lipinski definition) is 3. The molecule has 3 nitrogen and oxygen atoms in total. The second-order valence-electron chi connectivity index (χ2n) is 4.52. The molecule has 1 aliphatic rings. The third-order valence-electron chi connectivity index (χ3n) is 3.34. The first kappa shape index (κ1) is 13.3. The largest absolute Gasteiger partial charge is 0.496 e. The van der Waals surface area contributed by atoms with Gasteiger partial charge in [-0.25, -0.2) is 0 Å². The van der Waals surface area contributed by atoms with Crippen molar-refractivity contribution in [1.29, 1.82) is 0 Å². The summed E-state index contributed by atoms with van der Waals surface area (Å²) in [5.74, 6) is 0.895. The first-order valence-corrected chi connectivity index (χ1v) is 6.80. The summed E-state index contributed by atoms with van der Waals surface area (Å²) in [5, 5.41) is 0. The molecule has 0 spiro atoms. The number of benzene rings is 1. The lowest BCUT2D eigenvalue weighted by Crippen LogP contribution is -2.22. The number of methoxy groups -OCH3 is 1. The molecule has 0 bridgehead atoms. The third kappa shape index (κ3) is 2.80. The van der Waals surface area contributed by atoms with Gasteiger partial charge in [0.2, 0.25) is 0 Å². The molecule has 0 N–H and O–H groups in total. The molecule has 0 aliphatic heterocycles. The molecule has 0 radical (unpaired) electrons. The van der Waals surface area contributed by atoms with Gasteiger partial charge in [-0.2, -0.15) is 0 Å². The maximum Gasteiger partial charge on any atom is 0.169 e. The van der Waals surface area contributed by atoms with E-state index in [2.05, 4.69) is 15.9 Å². The summed E-state index contributed by atoms with van der Waals surface area (Å²) < 4.78 is 6.08. The SMILES string of the molecule is COc1ccc(Br)cc1C(=O)C1CCC(=O)CC1. The summed E-state index contributed by atoms with van der Waals surface area (Å²) in [6.07, 6.45) is 2.36. The lowest BCUT2D eigenvalue weighted by atomic mass is 9.83. The van der Waals surface area contributed by atoms with E-state index in [1.165, 1.54) is 0 Å². The Balaban J connectivity index is 2.22. The highest BCUT2D eigenvalue weighted by atomic mass is 79.9. The van der Waals surface area contributed by atoms with Crippen LogP contribution in [0.3, 0.4) is 0 Å². The Morgan fingerprint density at radius 2 is 2.00 bits per heavy atom. The van der Waals surface area contributed by atoms with E-state index in [1.807, 2.05) is 6.07 Å². The normalized spacial score (nSPS) is 16.7. The predicted molar refractivity (Wildman–Crippen MR) is 72.0 cm³/mol. The van der Waals surface area contributed by atoms with Gasteiger partial charge in [-0.3, -0.25) is 9.59 Å². The molecule has 1 fully saturated rings. The van der Waals surface area contributed by atoms with Crippen molar-refractivity contribution in [3.8, 4) is 5.75 Å². The summed E-state index contributed by atoms with van der Waals surface area (Å²) in [7, 11) is 1.56. The number of ketones is 2. The molecule has 2 rings (SSSR count). The Labute approximate surface area is 115 Å². The number of hydrogen-bond donors (Lipinski definition) is 0. The van der Waals surface area contributed by atoms with Crippen molar-refractivity contribution in [3.05, 3.63) is 28.2 Å². The first-order chi connectivity index (χ1) is 8.61. The molecule has 0 aromatic heterocycles. The zero-order valence-corrected chi connectivity index (χ0v) is 11.8. The van der Waals surface area contributed by atoms with E-state index in [0.717, 1.165) is 4.47 Å². The van der Waals surface area contributed by atoms with E-state index < -0.39 is 0 Å². The number of Topliss-reactive ketones (excluding diaryl/α,β-unsaturated/α-hetero) is 2. The Hall–Kier alpha value is -1.16. The highest BCUT2D eigenvalue weighted by Crippen LogP contribution is 2.30. The fourth-order valence-electron chi connectivity index (χ4n) is 2.29. The lowest BCUT2D eigenvalue weighted by Gasteiger charge is -2.20. The number of rotatable bonds is 3. The van der Waals surface area contributed by atoms with Crippen molar-refractivity contribution in [3.63, 3.8) is 0 Å². The molecule has 1 aliphatic carbocycles. The molecule has 0 heterocycles. The van der Waals surface area contributed by atoms with Crippen molar-refractivity contribution in [2.24, 2.45) is 5.92 Å². The Morgan fingerprint density at radius 1 is 1.33 bits per heavy atom. The molecule has 0 atom stereocenters. The van der Waals surface area contributed by atoms with Crippen LogP contribution >= 0.6 is 15.9 Å². The molecule has 1 aromatic carbocycles. The van der Waals surface area contributed by atoms with E-state index >= 15 is 0 Å². The highest BCUT2D eigenvalue weighted by Gasteiger charge is 2.27. The second-order valence-corrected chi connectivity index (χ2v) is 5.44. The fraction of sp³-hybridized carbons (Fsp3) is 0.429.